The zero-order valence-electron chi connectivity index (χ0n) is 13.6. The molecule has 0 amide bonds. The Morgan fingerprint density at radius 1 is 1.00 bits per heavy atom. The first-order valence-corrected chi connectivity index (χ1v) is 8.09. The average molecular weight is 311 g/mol. The van der Waals surface area contributed by atoms with Crippen LogP contribution < -0.4 is 16.8 Å². The van der Waals surface area contributed by atoms with Crippen LogP contribution in [0.2, 0.25) is 0 Å². The van der Waals surface area contributed by atoms with Gasteiger partial charge in [-0.3, -0.25) is 4.99 Å². The molecule has 5 N–H and O–H groups in total. The molecule has 23 heavy (non-hydrogen) atoms. The van der Waals surface area contributed by atoms with Crippen molar-refractivity contribution in [1.29, 1.82) is 0 Å². The van der Waals surface area contributed by atoms with Crippen LogP contribution in [0.25, 0.3) is 10.8 Å². The van der Waals surface area contributed by atoms with Gasteiger partial charge in [0.25, 0.3) is 0 Å². The smallest absolute Gasteiger partial charge is 0.218 e. The largest absolute Gasteiger partial charge is 0.369 e. The molecule has 0 spiro atoms. The van der Waals surface area contributed by atoms with Gasteiger partial charge in [-0.25, -0.2) is 0 Å². The summed E-state index contributed by atoms with van der Waals surface area (Å²) in [7, 11) is 0. The van der Waals surface area contributed by atoms with Gasteiger partial charge in [-0.1, -0.05) is 62.6 Å². The predicted octanol–water partition coefficient (Wildman–Crippen LogP) is 3.46. The highest BCUT2D eigenvalue weighted by atomic mass is 15.2. The van der Waals surface area contributed by atoms with Crippen molar-refractivity contribution in [3.8, 4) is 0 Å². The summed E-state index contributed by atoms with van der Waals surface area (Å²) < 4.78 is 0. The standard InChI is InChI=1S/C18H25N5/c1-2-3-4-7-13-21-17(19)23-18(20)22-16-12-8-10-14-9-5-6-11-15(14)16/h5-6,8-12H,2-4,7,13H2,1H3,(H5,19,20,21,22,23). The zero-order valence-corrected chi connectivity index (χ0v) is 13.6. The number of nitrogens with one attached hydrogen (secondary N) is 1. The van der Waals surface area contributed by atoms with Crippen molar-refractivity contribution in [2.24, 2.45) is 21.5 Å². The number of fused-ring (bicyclic) bond motifs is 1. The Bertz CT molecular complexity index is 685. The third-order valence-electron chi connectivity index (χ3n) is 3.57. The maximum absolute atomic E-state index is 5.93. The van der Waals surface area contributed by atoms with Crippen LogP contribution in [0.15, 0.2) is 52.4 Å². The summed E-state index contributed by atoms with van der Waals surface area (Å²) in [6.45, 7) is 2.87. The van der Waals surface area contributed by atoms with Crippen molar-refractivity contribution in [2.75, 3.05) is 11.9 Å². The quantitative estimate of drug-likeness (QED) is 0.433. The predicted molar refractivity (Wildman–Crippen MR) is 99.8 cm³/mol. The molecule has 0 aliphatic heterocycles. The van der Waals surface area contributed by atoms with Crippen molar-refractivity contribution >= 4 is 28.4 Å². The molecule has 2 aromatic carbocycles. The molecular formula is C18H25N5. The Morgan fingerprint density at radius 3 is 2.61 bits per heavy atom. The fourth-order valence-electron chi connectivity index (χ4n) is 2.39. The fraction of sp³-hybridized carbons (Fsp3) is 0.333. The first kappa shape index (κ1) is 16.8. The highest BCUT2D eigenvalue weighted by Crippen LogP contribution is 2.22. The molecule has 2 rings (SSSR count). The van der Waals surface area contributed by atoms with Gasteiger partial charge in [0.1, 0.15) is 0 Å². The van der Waals surface area contributed by atoms with Gasteiger partial charge in [-0.05, 0) is 17.9 Å². The maximum Gasteiger partial charge on any atom is 0.218 e. The van der Waals surface area contributed by atoms with Crippen LogP contribution >= 0.6 is 0 Å². The van der Waals surface area contributed by atoms with Gasteiger partial charge in [-0.15, -0.1) is 0 Å². The molecule has 0 aromatic heterocycles. The molecule has 5 heteroatoms. The molecule has 0 saturated carbocycles. The van der Waals surface area contributed by atoms with Gasteiger partial charge in [0.2, 0.25) is 11.9 Å². The lowest BCUT2D eigenvalue weighted by Gasteiger charge is -2.08. The molecule has 0 atom stereocenters. The summed E-state index contributed by atoms with van der Waals surface area (Å²) in [4.78, 5) is 8.33. The number of unbranched alkanes of at least 4 members (excludes halogenated alkanes) is 3. The Morgan fingerprint density at radius 2 is 1.78 bits per heavy atom. The lowest BCUT2D eigenvalue weighted by Crippen LogP contribution is -2.26. The lowest BCUT2D eigenvalue weighted by atomic mass is 10.1. The molecule has 0 heterocycles. The molecule has 2 aromatic rings. The monoisotopic (exact) mass is 311 g/mol. The van der Waals surface area contributed by atoms with E-state index in [1.165, 1.54) is 19.3 Å². The minimum absolute atomic E-state index is 0.215. The Balaban J connectivity index is 1.99. The Hall–Kier alpha value is -2.56. The number of rotatable bonds is 6. The van der Waals surface area contributed by atoms with Crippen LogP contribution in [-0.2, 0) is 0 Å². The van der Waals surface area contributed by atoms with Crippen LogP contribution in [-0.4, -0.2) is 18.5 Å². The molecule has 0 bridgehead atoms. The molecule has 0 fully saturated rings. The first-order valence-electron chi connectivity index (χ1n) is 8.09. The van der Waals surface area contributed by atoms with Crippen LogP contribution in [0.1, 0.15) is 32.6 Å². The number of nitrogens with two attached hydrogens (primary N) is 2. The van der Waals surface area contributed by atoms with Gasteiger partial charge in [0.05, 0.1) is 0 Å². The van der Waals surface area contributed by atoms with Gasteiger partial charge in [0.15, 0.2) is 0 Å². The van der Waals surface area contributed by atoms with Crippen LogP contribution in [0, 0.1) is 0 Å². The average Bonchev–Trinajstić information content (AvgIpc) is 2.55. The summed E-state index contributed by atoms with van der Waals surface area (Å²) in [5, 5.41) is 5.32. The number of benzene rings is 2. The highest BCUT2D eigenvalue weighted by molar-refractivity contribution is 6.06. The maximum atomic E-state index is 5.93. The summed E-state index contributed by atoms with van der Waals surface area (Å²) in [6, 6.07) is 14.1. The van der Waals surface area contributed by atoms with E-state index in [4.69, 9.17) is 11.5 Å². The molecule has 0 aliphatic carbocycles. The van der Waals surface area contributed by atoms with E-state index in [1.807, 2.05) is 30.3 Å². The number of hydrogen-bond donors (Lipinski definition) is 3. The Kier molecular flexibility index (Phi) is 6.41. The molecule has 0 unspecified atom stereocenters. The van der Waals surface area contributed by atoms with Gasteiger partial charge in [0, 0.05) is 17.6 Å². The lowest BCUT2D eigenvalue weighted by molar-refractivity contribution is 0.674. The minimum Gasteiger partial charge on any atom is -0.369 e. The first-order chi connectivity index (χ1) is 11.2. The highest BCUT2D eigenvalue weighted by Gasteiger charge is 2.01. The number of anilines is 1. The number of guanidine groups is 2. The third kappa shape index (κ3) is 5.29. The van der Waals surface area contributed by atoms with Gasteiger partial charge in [-0.2, -0.15) is 4.99 Å². The topological polar surface area (TPSA) is 88.8 Å². The number of nitrogens with zero attached hydrogens (tertiary/aromatic N) is 2. The molecule has 0 radical (unpaired) electrons. The molecule has 122 valence electrons. The minimum atomic E-state index is 0.215. The fourth-order valence-corrected chi connectivity index (χ4v) is 2.39. The third-order valence-corrected chi connectivity index (χ3v) is 3.57. The van der Waals surface area contributed by atoms with E-state index < -0.39 is 0 Å². The number of aliphatic imine (C=N–C) groups is 2. The molecule has 5 nitrogen and oxygen atoms in total. The van der Waals surface area contributed by atoms with Crippen LogP contribution in [0.3, 0.4) is 0 Å². The summed E-state index contributed by atoms with van der Waals surface area (Å²) >= 11 is 0. The van der Waals surface area contributed by atoms with Gasteiger partial charge < -0.3 is 16.8 Å². The second kappa shape index (κ2) is 8.78. The van der Waals surface area contributed by atoms with E-state index in [2.05, 4.69) is 34.4 Å². The van der Waals surface area contributed by atoms with Crippen LogP contribution in [0.4, 0.5) is 5.69 Å². The van der Waals surface area contributed by atoms with E-state index in [0.29, 0.717) is 6.54 Å². The van der Waals surface area contributed by atoms with Gasteiger partial charge >= 0.3 is 0 Å². The summed E-state index contributed by atoms with van der Waals surface area (Å²) in [5.41, 5.74) is 12.6. The normalized spacial score (nSPS) is 12.6. The van der Waals surface area contributed by atoms with Crippen molar-refractivity contribution < 1.29 is 0 Å². The number of hydrogen-bond acceptors (Lipinski definition) is 1. The van der Waals surface area contributed by atoms with E-state index in [1.54, 1.807) is 0 Å². The van der Waals surface area contributed by atoms with E-state index in [0.717, 1.165) is 22.9 Å². The van der Waals surface area contributed by atoms with Crippen molar-refractivity contribution in [2.45, 2.75) is 32.6 Å². The van der Waals surface area contributed by atoms with Crippen molar-refractivity contribution in [3.05, 3.63) is 42.5 Å². The molecular weight excluding hydrogens is 286 g/mol. The van der Waals surface area contributed by atoms with Crippen molar-refractivity contribution in [1.82, 2.24) is 0 Å². The zero-order chi connectivity index (χ0) is 16.5. The summed E-state index contributed by atoms with van der Waals surface area (Å²) in [5.74, 6) is 0.461. The Labute approximate surface area is 137 Å². The van der Waals surface area contributed by atoms with E-state index in [-0.39, 0.29) is 11.9 Å². The summed E-state index contributed by atoms with van der Waals surface area (Å²) in [6.07, 6.45) is 4.63. The van der Waals surface area contributed by atoms with E-state index >= 15 is 0 Å². The molecule has 0 aliphatic rings. The SMILES string of the molecule is CCCCCCN=C(N)/N=C(\N)Nc1cccc2ccccc12. The molecule has 0 saturated heterocycles. The van der Waals surface area contributed by atoms with Crippen molar-refractivity contribution in [3.63, 3.8) is 0 Å². The second-order valence-corrected chi connectivity index (χ2v) is 5.45. The van der Waals surface area contributed by atoms with Crippen LogP contribution in [0.5, 0.6) is 0 Å². The van der Waals surface area contributed by atoms with E-state index in [9.17, 15) is 0 Å². The second-order valence-electron chi connectivity index (χ2n) is 5.45.